The Morgan fingerprint density at radius 2 is 2.32 bits per heavy atom. The van der Waals surface area contributed by atoms with Crippen molar-refractivity contribution in [1.29, 1.82) is 5.41 Å². The van der Waals surface area contributed by atoms with Crippen molar-refractivity contribution in [2.24, 2.45) is 5.73 Å². The standard InChI is InChI=1S/C13H21N5O/c1-3-16-13(19)18(12(14)15)9-5-7-11-10(2)6-4-8-17-11/h4,6,8H,3,5,7,9H2,1-2H3,(H3,14,15)(H,16,19). The Morgan fingerprint density at radius 3 is 2.89 bits per heavy atom. The van der Waals surface area contributed by atoms with Crippen molar-refractivity contribution in [3.05, 3.63) is 29.6 Å². The zero-order chi connectivity index (χ0) is 14.3. The van der Waals surface area contributed by atoms with Crippen molar-refractivity contribution in [3.8, 4) is 0 Å². The van der Waals surface area contributed by atoms with Crippen molar-refractivity contribution in [2.75, 3.05) is 13.1 Å². The van der Waals surface area contributed by atoms with Crippen molar-refractivity contribution < 1.29 is 4.79 Å². The van der Waals surface area contributed by atoms with Gasteiger partial charge in [-0.15, -0.1) is 0 Å². The number of amides is 2. The van der Waals surface area contributed by atoms with E-state index < -0.39 is 0 Å². The smallest absolute Gasteiger partial charge is 0.324 e. The van der Waals surface area contributed by atoms with Gasteiger partial charge in [0.1, 0.15) is 0 Å². The summed E-state index contributed by atoms with van der Waals surface area (Å²) in [7, 11) is 0. The highest BCUT2D eigenvalue weighted by atomic mass is 16.2. The van der Waals surface area contributed by atoms with Crippen LogP contribution in [0.25, 0.3) is 0 Å². The van der Waals surface area contributed by atoms with E-state index in [1.165, 1.54) is 4.90 Å². The molecule has 0 aromatic carbocycles. The maximum atomic E-state index is 11.7. The molecular formula is C13H21N5O. The molecule has 0 unspecified atom stereocenters. The molecule has 0 aliphatic carbocycles. The lowest BCUT2D eigenvalue weighted by Gasteiger charge is -2.20. The monoisotopic (exact) mass is 263 g/mol. The first-order valence-corrected chi connectivity index (χ1v) is 6.36. The summed E-state index contributed by atoms with van der Waals surface area (Å²) in [5.74, 6) is -0.233. The predicted octanol–water partition coefficient (Wildman–Crippen LogP) is 1.25. The van der Waals surface area contributed by atoms with Crippen molar-refractivity contribution in [2.45, 2.75) is 26.7 Å². The molecule has 104 valence electrons. The average molecular weight is 263 g/mol. The molecule has 1 aromatic heterocycles. The van der Waals surface area contributed by atoms with Gasteiger partial charge in [0.05, 0.1) is 0 Å². The topological polar surface area (TPSA) is 95.1 Å². The first kappa shape index (κ1) is 14.9. The van der Waals surface area contributed by atoms with Gasteiger partial charge in [0, 0.05) is 25.0 Å². The minimum absolute atomic E-state index is 0.233. The van der Waals surface area contributed by atoms with Gasteiger partial charge < -0.3 is 11.1 Å². The quantitative estimate of drug-likeness (QED) is 0.551. The van der Waals surface area contributed by atoms with Gasteiger partial charge in [-0.25, -0.2) is 4.79 Å². The first-order chi connectivity index (χ1) is 9.06. The van der Waals surface area contributed by atoms with Crippen LogP contribution in [-0.4, -0.2) is 35.0 Å². The number of guanidine groups is 1. The largest absolute Gasteiger partial charge is 0.370 e. The van der Waals surface area contributed by atoms with Crippen LogP contribution >= 0.6 is 0 Å². The minimum Gasteiger partial charge on any atom is -0.370 e. The summed E-state index contributed by atoms with van der Waals surface area (Å²) in [5, 5.41) is 10.1. The van der Waals surface area contributed by atoms with Crippen LogP contribution in [0, 0.1) is 12.3 Å². The molecule has 0 saturated carbocycles. The number of rotatable bonds is 5. The second kappa shape index (κ2) is 7.35. The Bertz CT molecular complexity index is 446. The van der Waals surface area contributed by atoms with Crippen LogP contribution in [0.4, 0.5) is 4.79 Å². The van der Waals surface area contributed by atoms with Crippen molar-refractivity contribution in [1.82, 2.24) is 15.2 Å². The highest BCUT2D eigenvalue weighted by Gasteiger charge is 2.14. The third-order valence-electron chi connectivity index (χ3n) is 2.78. The van der Waals surface area contributed by atoms with Crippen molar-refractivity contribution in [3.63, 3.8) is 0 Å². The second-order valence-electron chi connectivity index (χ2n) is 4.24. The van der Waals surface area contributed by atoms with E-state index in [-0.39, 0.29) is 12.0 Å². The summed E-state index contributed by atoms with van der Waals surface area (Å²) in [6, 6.07) is 3.58. The normalized spacial score (nSPS) is 10.0. The van der Waals surface area contributed by atoms with E-state index in [0.717, 1.165) is 17.7 Å². The second-order valence-corrected chi connectivity index (χ2v) is 4.24. The number of nitrogens with two attached hydrogens (primary N) is 1. The number of urea groups is 1. The maximum Gasteiger partial charge on any atom is 0.324 e. The molecule has 0 atom stereocenters. The molecular weight excluding hydrogens is 242 g/mol. The molecule has 6 heteroatoms. The fraction of sp³-hybridized carbons (Fsp3) is 0.462. The van der Waals surface area contributed by atoms with Gasteiger partial charge in [0.2, 0.25) is 0 Å². The zero-order valence-electron chi connectivity index (χ0n) is 11.4. The van der Waals surface area contributed by atoms with Gasteiger partial charge in [-0.2, -0.15) is 0 Å². The number of nitrogens with zero attached hydrogens (tertiary/aromatic N) is 2. The summed E-state index contributed by atoms with van der Waals surface area (Å²) in [6.45, 7) is 4.77. The molecule has 0 radical (unpaired) electrons. The van der Waals surface area contributed by atoms with Gasteiger partial charge >= 0.3 is 6.03 Å². The van der Waals surface area contributed by atoms with Crippen LogP contribution in [0.1, 0.15) is 24.6 Å². The van der Waals surface area contributed by atoms with Gasteiger partial charge in [-0.1, -0.05) is 6.07 Å². The van der Waals surface area contributed by atoms with E-state index in [4.69, 9.17) is 11.1 Å². The zero-order valence-corrected chi connectivity index (χ0v) is 11.4. The summed E-state index contributed by atoms with van der Waals surface area (Å²) in [5.41, 5.74) is 7.56. The summed E-state index contributed by atoms with van der Waals surface area (Å²) in [6.07, 6.45) is 3.24. The Morgan fingerprint density at radius 1 is 1.58 bits per heavy atom. The fourth-order valence-corrected chi connectivity index (χ4v) is 1.76. The average Bonchev–Trinajstić information content (AvgIpc) is 2.36. The third kappa shape index (κ3) is 4.57. The molecule has 0 fully saturated rings. The van der Waals surface area contributed by atoms with Gasteiger partial charge in [-0.05, 0) is 38.3 Å². The first-order valence-electron chi connectivity index (χ1n) is 6.36. The number of hydrogen-bond acceptors (Lipinski definition) is 3. The molecule has 0 bridgehead atoms. The van der Waals surface area contributed by atoms with Crippen LogP contribution in [-0.2, 0) is 6.42 Å². The molecule has 6 nitrogen and oxygen atoms in total. The number of carbonyl (C=O) groups is 1. The highest BCUT2D eigenvalue weighted by molar-refractivity contribution is 5.93. The van der Waals surface area contributed by atoms with Gasteiger partial charge in [-0.3, -0.25) is 15.3 Å². The molecule has 0 saturated heterocycles. The van der Waals surface area contributed by atoms with Crippen LogP contribution in [0.15, 0.2) is 18.3 Å². The van der Waals surface area contributed by atoms with E-state index >= 15 is 0 Å². The molecule has 0 spiro atoms. The molecule has 1 heterocycles. The molecule has 2 amide bonds. The lowest BCUT2D eigenvalue weighted by molar-refractivity contribution is 0.220. The number of aromatic nitrogens is 1. The summed E-state index contributed by atoms with van der Waals surface area (Å²) >= 11 is 0. The van der Waals surface area contributed by atoms with Crippen LogP contribution in [0.3, 0.4) is 0 Å². The van der Waals surface area contributed by atoms with Gasteiger partial charge in [0.15, 0.2) is 5.96 Å². The molecule has 1 rings (SSSR count). The van der Waals surface area contributed by atoms with Crippen LogP contribution in [0.5, 0.6) is 0 Å². The lowest BCUT2D eigenvalue weighted by Crippen LogP contribution is -2.47. The fourth-order valence-electron chi connectivity index (χ4n) is 1.76. The summed E-state index contributed by atoms with van der Waals surface area (Å²) in [4.78, 5) is 17.2. The number of carbonyl (C=O) groups excluding carboxylic acids is 1. The highest BCUT2D eigenvalue weighted by Crippen LogP contribution is 2.06. The number of pyridine rings is 1. The minimum atomic E-state index is -0.326. The van der Waals surface area contributed by atoms with E-state index in [0.29, 0.717) is 19.5 Å². The molecule has 1 aromatic rings. The van der Waals surface area contributed by atoms with Crippen LogP contribution < -0.4 is 11.1 Å². The molecule has 0 aliphatic rings. The summed E-state index contributed by atoms with van der Waals surface area (Å²) < 4.78 is 0. The molecule has 0 aliphatic heterocycles. The van der Waals surface area contributed by atoms with E-state index in [2.05, 4.69) is 10.3 Å². The predicted molar refractivity (Wildman–Crippen MR) is 75.0 cm³/mol. The maximum absolute atomic E-state index is 11.7. The Hall–Kier alpha value is -2.11. The number of hydrogen-bond donors (Lipinski definition) is 3. The van der Waals surface area contributed by atoms with E-state index in [1.54, 1.807) is 6.20 Å². The van der Waals surface area contributed by atoms with Crippen LogP contribution in [0.2, 0.25) is 0 Å². The van der Waals surface area contributed by atoms with E-state index in [9.17, 15) is 4.79 Å². The lowest BCUT2D eigenvalue weighted by atomic mass is 10.1. The van der Waals surface area contributed by atoms with E-state index in [1.807, 2.05) is 26.0 Å². The van der Waals surface area contributed by atoms with Gasteiger partial charge in [0.25, 0.3) is 0 Å². The number of aryl methyl sites for hydroxylation is 2. The molecule has 19 heavy (non-hydrogen) atoms. The third-order valence-corrected chi connectivity index (χ3v) is 2.78. The Labute approximate surface area is 113 Å². The Balaban J connectivity index is 2.51. The number of nitrogens with one attached hydrogen (secondary N) is 2. The Kier molecular flexibility index (Phi) is 5.78. The van der Waals surface area contributed by atoms with Crippen molar-refractivity contribution >= 4 is 12.0 Å². The molecule has 4 N–H and O–H groups in total. The SMILES string of the molecule is CCNC(=O)N(CCCc1ncccc1C)C(=N)N.